The summed E-state index contributed by atoms with van der Waals surface area (Å²) in [5, 5.41) is 11.5. The summed E-state index contributed by atoms with van der Waals surface area (Å²) in [6.07, 6.45) is 0. The van der Waals surface area contributed by atoms with Crippen LogP contribution in [0.2, 0.25) is 5.02 Å². The Morgan fingerprint density at radius 1 is 1.12 bits per heavy atom. The van der Waals surface area contributed by atoms with E-state index in [9.17, 15) is 14.7 Å². The van der Waals surface area contributed by atoms with Gasteiger partial charge in [0.2, 0.25) is 6.79 Å². The van der Waals surface area contributed by atoms with E-state index in [-0.39, 0.29) is 23.0 Å². The van der Waals surface area contributed by atoms with Crippen molar-refractivity contribution in [2.45, 2.75) is 19.9 Å². The second kappa shape index (κ2) is 8.46. The monoisotopic (exact) mass is 481 g/mol. The molecule has 2 aliphatic heterocycles. The van der Waals surface area contributed by atoms with Crippen LogP contribution in [0.4, 0.5) is 5.69 Å². The van der Waals surface area contributed by atoms with Gasteiger partial charge < -0.3 is 23.7 Å². The standard InChI is InChI=1S/C25H20ClNO7/c1-3-31-15-6-7-17(26)16(11-15)23(28)21-22(19-8-4-13(2)34-19)27(25(30)24(21)29)14-5-9-18-20(10-14)33-12-32-18/h4-11,22,28H,3,12H2,1-2H3/b23-21-. The summed E-state index contributed by atoms with van der Waals surface area (Å²) in [6, 6.07) is 12.0. The molecule has 3 heterocycles. The zero-order chi connectivity index (χ0) is 24.0. The fraction of sp³-hybridized carbons (Fsp3) is 0.200. The summed E-state index contributed by atoms with van der Waals surface area (Å²) < 4.78 is 22.1. The van der Waals surface area contributed by atoms with Crippen LogP contribution in [0.1, 0.15) is 30.0 Å². The van der Waals surface area contributed by atoms with Crippen molar-refractivity contribution >= 4 is 34.7 Å². The number of nitrogens with zero attached hydrogens (tertiary/aromatic N) is 1. The van der Waals surface area contributed by atoms with E-state index in [0.717, 1.165) is 0 Å². The number of ether oxygens (including phenoxy) is 3. The number of aliphatic hydroxyl groups excluding tert-OH is 1. The normalized spacial score (nSPS) is 18.6. The number of furan rings is 1. The van der Waals surface area contributed by atoms with Crippen molar-refractivity contribution in [1.29, 1.82) is 0 Å². The van der Waals surface area contributed by atoms with Gasteiger partial charge in [0, 0.05) is 17.3 Å². The summed E-state index contributed by atoms with van der Waals surface area (Å²) in [4.78, 5) is 27.8. The number of aliphatic hydroxyl groups is 1. The Kier molecular flexibility index (Phi) is 5.45. The molecule has 174 valence electrons. The maximum atomic E-state index is 13.3. The molecule has 3 aromatic rings. The first-order valence-corrected chi connectivity index (χ1v) is 11.0. The highest BCUT2D eigenvalue weighted by atomic mass is 35.5. The van der Waals surface area contributed by atoms with Crippen LogP contribution < -0.4 is 19.1 Å². The first kappa shape index (κ1) is 21.9. The van der Waals surface area contributed by atoms with Crippen molar-refractivity contribution in [1.82, 2.24) is 0 Å². The molecule has 1 saturated heterocycles. The van der Waals surface area contributed by atoms with Crippen LogP contribution in [0.5, 0.6) is 17.2 Å². The van der Waals surface area contributed by atoms with E-state index >= 15 is 0 Å². The van der Waals surface area contributed by atoms with Crippen LogP contribution in [0.3, 0.4) is 0 Å². The number of carbonyl (C=O) groups is 2. The SMILES string of the molecule is CCOc1ccc(Cl)c(/C(O)=C2/C(=O)C(=O)N(c3ccc4c(c3)OCO4)C2c2ccc(C)o2)c1. The molecule has 2 aromatic carbocycles. The van der Waals surface area contributed by atoms with E-state index in [0.29, 0.717) is 41.1 Å². The molecule has 5 rings (SSSR count). The predicted octanol–water partition coefficient (Wildman–Crippen LogP) is 5.00. The molecule has 0 aliphatic carbocycles. The van der Waals surface area contributed by atoms with E-state index in [1.54, 1.807) is 49.4 Å². The van der Waals surface area contributed by atoms with E-state index in [1.165, 1.54) is 11.0 Å². The van der Waals surface area contributed by atoms with Gasteiger partial charge >= 0.3 is 0 Å². The minimum absolute atomic E-state index is 0.0626. The molecule has 34 heavy (non-hydrogen) atoms. The molecule has 0 bridgehead atoms. The highest BCUT2D eigenvalue weighted by Crippen LogP contribution is 2.46. The number of aryl methyl sites for hydroxylation is 1. The molecular weight excluding hydrogens is 462 g/mol. The number of rotatable bonds is 5. The Morgan fingerprint density at radius 2 is 1.91 bits per heavy atom. The summed E-state index contributed by atoms with van der Waals surface area (Å²) in [5.41, 5.74) is 0.413. The lowest BCUT2D eigenvalue weighted by Gasteiger charge is -2.23. The van der Waals surface area contributed by atoms with E-state index < -0.39 is 23.5 Å². The minimum atomic E-state index is -1.03. The average Bonchev–Trinajstić information content (AvgIpc) is 3.53. The summed E-state index contributed by atoms with van der Waals surface area (Å²) in [5.74, 6) is 0.224. The minimum Gasteiger partial charge on any atom is -0.507 e. The van der Waals surface area contributed by atoms with Gasteiger partial charge in [0.1, 0.15) is 29.1 Å². The van der Waals surface area contributed by atoms with Gasteiger partial charge in [-0.1, -0.05) is 11.6 Å². The first-order valence-electron chi connectivity index (χ1n) is 10.6. The van der Waals surface area contributed by atoms with Gasteiger partial charge in [-0.25, -0.2) is 0 Å². The van der Waals surface area contributed by atoms with Gasteiger partial charge in [0.25, 0.3) is 11.7 Å². The largest absolute Gasteiger partial charge is 0.507 e. The molecule has 2 aliphatic rings. The topological polar surface area (TPSA) is 98.4 Å². The zero-order valence-electron chi connectivity index (χ0n) is 18.3. The highest BCUT2D eigenvalue weighted by molar-refractivity contribution is 6.52. The van der Waals surface area contributed by atoms with Crippen LogP contribution in [-0.2, 0) is 9.59 Å². The van der Waals surface area contributed by atoms with Crippen LogP contribution in [0.25, 0.3) is 5.76 Å². The van der Waals surface area contributed by atoms with Crippen molar-refractivity contribution in [3.63, 3.8) is 0 Å². The van der Waals surface area contributed by atoms with Crippen LogP contribution in [0, 0.1) is 6.92 Å². The van der Waals surface area contributed by atoms with Gasteiger partial charge in [-0.05, 0) is 56.3 Å². The Hall–Kier alpha value is -3.91. The van der Waals surface area contributed by atoms with Crippen molar-refractivity contribution in [2.24, 2.45) is 0 Å². The second-order valence-corrected chi connectivity index (χ2v) is 8.14. The Bertz CT molecular complexity index is 1340. The Morgan fingerprint density at radius 3 is 2.65 bits per heavy atom. The van der Waals surface area contributed by atoms with E-state index in [4.69, 9.17) is 30.2 Å². The maximum Gasteiger partial charge on any atom is 0.300 e. The predicted molar refractivity (Wildman–Crippen MR) is 123 cm³/mol. The number of fused-ring (bicyclic) bond motifs is 1. The molecule has 1 unspecified atom stereocenters. The van der Waals surface area contributed by atoms with Crippen molar-refractivity contribution < 1.29 is 33.3 Å². The Labute approximate surface area is 199 Å². The Balaban J connectivity index is 1.70. The molecule has 8 nitrogen and oxygen atoms in total. The van der Waals surface area contributed by atoms with Gasteiger partial charge in [-0.2, -0.15) is 0 Å². The maximum absolute atomic E-state index is 13.3. The van der Waals surface area contributed by atoms with E-state index in [1.807, 2.05) is 6.92 Å². The summed E-state index contributed by atoms with van der Waals surface area (Å²) in [6.45, 7) is 4.04. The molecule has 1 fully saturated rings. The lowest BCUT2D eigenvalue weighted by Crippen LogP contribution is -2.29. The van der Waals surface area contributed by atoms with Crippen molar-refractivity contribution in [3.05, 3.63) is 76.2 Å². The average molecular weight is 482 g/mol. The molecule has 1 N–H and O–H groups in total. The first-order chi connectivity index (χ1) is 16.4. The number of amides is 1. The number of benzene rings is 2. The number of Topliss-reactive ketones (excluding diaryl/α,β-unsaturated/α-hetero) is 1. The molecule has 0 spiro atoms. The third-order valence-electron chi connectivity index (χ3n) is 5.61. The number of hydrogen-bond donors (Lipinski definition) is 1. The molecule has 1 amide bonds. The highest BCUT2D eigenvalue weighted by Gasteiger charge is 2.49. The van der Waals surface area contributed by atoms with E-state index in [2.05, 4.69) is 0 Å². The molecule has 0 saturated carbocycles. The van der Waals surface area contributed by atoms with Crippen LogP contribution in [-0.4, -0.2) is 30.2 Å². The quantitative estimate of drug-likeness (QED) is 0.311. The van der Waals surface area contributed by atoms with Crippen molar-refractivity contribution in [3.8, 4) is 17.2 Å². The van der Waals surface area contributed by atoms with Gasteiger partial charge in [-0.3, -0.25) is 14.5 Å². The van der Waals surface area contributed by atoms with Gasteiger partial charge in [0.05, 0.1) is 17.2 Å². The van der Waals surface area contributed by atoms with Crippen molar-refractivity contribution in [2.75, 3.05) is 18.3 Å². The fourth-order valence-corrected chi connectivity index (χ4v) is 4.30. The fourth-order valence-electron chi connectivity index (χ4n) is 4.09. The lowest BCUT2D eigenvalue weighted by molar-refractivity contribution is -0.132. The molecule has 9 heteroatoms. The smallest absolute Gasteiger partial charge is 0.300 e. The molecular formula is C25H20ClNO7. The van der Waals surface area contributed by atoms with Crippen LogP contribution >= 0.6 is 11.6 Å². The molecule has 1 atom stereocenters. The third-order valence-corrected chi connectivity index (χ3v) is 5.94. The summed E-state index contributed by atoms with van der Waals surface area (Å²) >= 11 is 6.36. The summed E-state index contributed by atoms with van der Waals surface area (Å²) in [7, 11) is 0. The lowest BCUT2D eigenvalue weighted by atomic mass is 9.99. The number of ketones is 1. The number of halogens is 1. The van der Waals surface area contributed by atoms with Gasteiger partial charge in [-0.15, -0.1) is 0 Å². The molecule has 1 aromatic heterocycles. The number of anilines is 1. The number of hydrogen-bond acceptors (Lipinski definition) is 7. The van der Waals surface area contributed by atoms with Crippen LogP contribution in [0.15, 0.2) is 58.5 Å². The second-order valence-electron chi connectivity index (χ2n) is 7.73. The van der Waals surface area contributed by atoms with Gasteiger partial charge in [0.15, 0.2) is 11.5 Å². The number of carbonyl (C=O) groups excluding carboxylic acids is 2. The zero-order valence-corrected chi connectivity index (χ0v) is 19.1. The third kappa shape index (κ3) is 3.56. The molecule has 0 radical (unpaired) electrons.